The minimum Gasteiger partial charge on any atom is -0.357 e. The number of benzene rings is 2. The first-order valence-corrected chi connectivity index (χ1v) is 10.3. The quantitative estimate of drug-likeness (QED) is 0.500. The van der Waals surface area contributed by atoms with Crippen LogP contribution in [0.3, 0.4) is 0 Å². The number of hydrogen-bond donors (Lipinski definition) is 2. The van der Waals surface area contributed by atoms with Crippen LogP contribution in [0.1, 0.15) is 30.0 Å². The lowest BCUT2D eigenvalue weighted by atomic mass is 10.1. The molecule has 5 rings (SSSR count). The number of nitrogens with zero attached hydrogens (tertiary/aromatic N) is 3. The maximum absolute atomic E-state index is 5.36. The van der Waals surface area contributed by atoms with E-state index in [9.17, 15) is 0 Å². The smallest absolute Gasteiger partial charge is 0.240 e. The van der Waals surface area contributed by atoms with Crippen molar-refractivity contribution in [1.82, 2.24) is 25.3 Å². The van der Waals surface area contributed by atoms with Gasteiger partial charge >= 0.3 is 0 Å². The second kappa shape index (κ2) is 8.19. The molecule has 2 aromatic heterocycles. The van der Waals surface area contributed by atoms with E-state index in [4.69, 9.17) is 4.52 Å². The molecule has 0 bridgehead atoms. The molecular formula is C23H25N5O. The highest BCUT2D eigenvalue weighted by Crippen LogP contribution is 2.20. The van der Waals surface area contributed by atoms with Crippen molar-refractivity contribution in [3.8, 4) is 11.4 Å². The van der Waals surface area contributed by atoms with Crippen LogP contribution in [0.25, 0.3) is 22.3 Å². The van der Waals surface area contributed by atoms with E-state index >= 15 is 0 Å². The van der Waals surface area contributed by atoms with Gasteiger partial charge in [0.1, 0.15) is 0 Å². The van der Waals surface area contributed by atoms with Crippen molar-refractivity contribution in [2.24, 2.45) is 0 Å². The van der Waals surface area contributed by atoms with Gasteiger partial charge in [-0.1, -0.05) is 41.6 Å². The molecule has 6 heteroatoms. The summed E-state index contributed by atoms with van der Waals surface area (Å²) in [7, 11) is 0. The van der Waals surface area contributed by atoms with Crippen molar-refractivity contribution in [3.63, 3.8) is 0 Å². The van der Waals surface area contributed by atoms with Gasteiger partial charge < -0.3 is 14.8 Å². The largest absolute Gasteiger partial charge is 0.357 e. The van der Waals surface area contributed by atoms with E-state index in [2.05, 4.69) is 49.6 Å². The Labute approximate surface area is 169 Å². The second-order valence-corrected chi connectivity index (χ2v) is 7.68. The fourth-order valence-corrected chi connectivity index (χ4v) is 3.96. The van der Waals surface area contributed by atoms with Crippen molar-refractivity contribution in [2.75, 3.05) is 13.1 Å². The number of aromatic amines is 1. The number of rotatable bonds is 7. The summed E-state index contributed by atoms with van der Waals surface area (Å²) >= 11 is 0. The number of hydrogen-bond acceptors (Lipinski definition) is 5. The summed E-state index contributed by atoms with van der Waals surface area (Å²) in [6.07, 6.45) is 2.64. The Balaban J connectivity index is 1.19. The first-order valence-electron chi connectivity index (χ1n) is 10.3. The third-order valence-electron chi connectivity index (χ3n) is 5.44. The molecule has 4 aromatic rings. The molecule has 148 valence electrons. The minimum atomic E-state index is 0.547. The van der Waals surface area contributed by atoms with Crippen molar-refractivity contribution in [2.45, 2.75) is 32.5 Å². The third-order valence-corrected chi connectivity index (χ3v) is 5.44. The number of H-pyrrole nitrogens is 1. The zero-order valence-corrected chi connectivity index (χ0v) is 16.4. The molecule has 0 unspecified atom stereocenters. The standard InChI is InChI=1S/C23H25N5O/c1-2-6-18(7-3-1)23-26-22(29-27-23)15-24-14-17-8-9-21-19(12-17)13-20(25-21)16-28-10-4-5-11-28/h1-3,6-9,12-13,24-25H,4-5,10-11,14-16H2. The van der Waals surface area contributed by atoms with Crippen molar-refractivity contribution in [3.05, 3.63) is 71.7 Å². The Bertz CT molecular complexity index is 1080. The van der Waals surface area contributed by atoms with Gasteiger partial charge in [0.2, 0.25) is 11.7 Å². The normalized spacial score (nSPS) is 14.8. The van der Waals surface area contributed by atoms with Crippen LogP contribution in [0.4, 0.5) is 0 Å². The average Bonchev–Trinajstić information content (AvgIpc) is 3.49. The zero-order chi connectivity index (χ0) is 19.5. The van der Waals surface area contributed by atoms with Crippen molar-refractivity contribution in [1.29, 1.82) is 0 Å². The van der Waals surface area contributed by atoms with Crippen LogP contribution in [-0.2, 0) is 19.6 Å². The summed E-state index contributed by atoms with van der Waals surface area (Å²) < 4.78 is 5.36. The van der Waals surface area contributed by atoms with Gasteiger partial charge in [-0.2, -0.15) is 4.98 Å². The fourth-order valence-electron chi connectivity index (χ4n) is 3.96. The van der Waals surface area contributed by atoms with E-state index in [1.807, 2.05) is 30.3 Å². The number of likely N-dealkylation sites (tertiary alicyclic amines) is 1. The zero-order valence-electron chi connectivity index (χ0n) is 16.4. The van der Waals surface area contributed by atoms with E-state index in [1.54, 1.807) is 0 Å². The number of nitrogens with one attached hydrogen (secondary N) is 2. The van der Waals surface area contributed by atoms with E-state index in [1.165, 1.54) is 48.1 Å². The van der Waals surface area contributed by atoms with E-state index in [0.29, 0.717) is 18.3 Å². The first-order chi connectivity index (χ1) is 14.3. The van der Waals surface area contributed by atoms with E-state index in [-0.39, 0.29) is 0 Å². The maximum atomic E-state index is 5.36. The molecule has 1 aliphatic heterocycles. The Kier molecular flexibility index (Phi) is 5.11. The number of fused-ring (bicyclic) bond motifs is 1. The van der Waals surface area contributed by atoms with Gasteiger partial charge in [-0.05, 0) is 49.7 Å². The molecular weight excluding hydrogens is 362 g/mol. The van der Waals surface area contributed by atoms with Crippen LogP contribution in [0.15, 0.2) is 59.1 Å². The van der Waals surface area contributed by atoms with Crippen LogP contribution in [-0.4, -0.2) is 33.1 Å². The molecule has 2 N–H and O–H groups in total. The second-order valence-electron chi connectivity index (χ2n) is 7.68. The maximum Gasteiger partial charge on any atom is 0.240 e. The van der Waals surface area contributed by atoms with Crippen LogP contribution in [0.5, 0.6) is 0 Å². The highest BCUT2D eigenvalue weighted by Gasteiger charge is 2.13. The molecule has 29 heavy (non-hydrogen) atoms. The van der Waals surface area contributed by atoms with Gasteiger partial charge in [0.15, 0.2) is 0 Å². The summed E-state index contributed by atoms with van der Waals surface area (Å²) in [6, 6.07) is 18.7. The van der Waals surface area contributed by atoms with Crippen molar-refractivity contribution < 1.29 is 4.52 Å². The topological polar surface area (TPSA) is 70.0 Å². The SMILES string of the molecule is c1ccc(-c2noc(CNCc3ccc4[nH]c(CN5CCCC5)cc4c3)n2)cc1. The van der Waals surface area contributed by atoms with Gasteiger partial charge in [-0.25, -0.2) is 0 Å². The van der Waals surface area contributed by atoms with Crippen LogP contribution >= 0.6 is 0 Å². The fraction of sp³-hybridized carbons (Fsp3) is 0.304. The molecule has 1 aliphatic rings. The molecule has 0 aliphatic carbocycles. The molecule has 0 radical (unpaired) electrons. The molecule has 0 amide bonds. The third kappa shape index (κ3) is 4.23. The molecule has 3 heterocycles. The first kappa shape index (κ1) is 18.1. The lowest BCUT2D eigenvalue weighted by Gasteiger charge is -2.12. The monoisotopic (exact) mass is 387 g/mol. The van der Waals surface area contributed by atoms with Gasteiger partial charge in [0, 0.05) is 35.2 Å². The predicted molar refractivity (Wildman–Crippen MR) is 113 cm³/mol. The Hall–Kier alpha value is -2.96. The van der Waals surface area contributed by atoms with Crippen molar-refractivity contribution >= 4 is 10.9 Å². The summed E-state index contributed by atoms with van der Waals surface area (Å²) in [5, 5.41) is 8.73. The lowest BCUT2D eigenvalue weighted by molar-refractivity contribution is 0.328. The van der Waals surface area contributed by atoms with Gasteiger partial charge in [0.05, 0.1) is 6.54 Å². The molecule has 1 fully saturated rings. The summed E-state index contributed by atoms with van der Waals surface area (Å²) in [6.45, 7) is 4.75. The molecule has 1 saturated heterocycles. The lowest BCUT2D eigenvalue weighted by Crippen LogP contribution is -2.18. The van der Waals surface area contributed by atoms with Crippen LogP contribution < -0.4 is 5.32 Å². The summed E-state index contributed by atoms with van der Waals surface area (Å²) in [5.41, 5.74) is 4.70. The molecule has 0 spiro atoms. The Morgan fingerprint density at radius 3 is 2.72 bits per heavy atom. The molecule has 0 atom stereocenters. The molecule has 0 saturated carbocycles. The predicted octanol–water partition coefficient (Wildman–Crippen LogP) is 4.10. The van der Waals surface area contributed by atoms with Gasteiger partial charge in [-0.3, -0.25) is 4.90 Å². The average molecular weight is 387 g/mol. The molecule has 6 nitrogen and oxygen atoms in total. The highest BCUT2D eigenvalue weighted by molar-refractivity contribution is 5.81. The highest BCUT2D eigenvalue weighted by atomic mass is 16.5. The van der Waals surface area contributed by atoms with E-state index < -0.39 is 0 Å². The van der Waals surface area contributed by atoms with Gasteiger partial charge in [0.25, 0.3) is 0 Å². The van der Waals surface area contributed by atoms with Crippen LogP contribution in [0, 0.1) is 0 Å². The minimum absolute atomic E-state index is 0.547. The summed E-state index contributed by atoms with van der Waals surface area (Å²) in [5.74, 6) is 1.22. The Morgan fingerprint density at radius 2 is 1.86 bits per heavy atom. The summed E-state index contributed by atoms with van der Waals surface area (Å²) in [4.78, 5) is 10.5. The van der Waals surface area contributed by atoms with Crippen LogP contribution in [0.2, 0.25) is 0 Å². The molecule has 2 aromatic carbocycles. The van der Waals surface area contributed by atoms with E-state index in [0.717, 1.165) is 18.7 Å². The Morgan fingerprint density at radius 1 is 1.00 bits per heavy atom. The number of aromatic nitrogens is 3. The van der Waals surface area contributed by atoms with Gasteiger partial charge in [-0.15, -0.1) is 0 Å².